The highest BCUT2D eigenvalue weighted by Crippen LogP contribution is 2.56. The highest BCUT2D eigenvalue weighted by atomic mass is 79.9. The van der Waals surface area contributed by atoms with Crippen molar-refractivity contribution in [3.05, 3.63) is 42.5 Å². The molecule has 6 rings (SSSR count). The van der Waals surface area contributed by atoms with Crippen molar-refractivity contribution in [2.45, 2.75) is 112 Å². The Balaban J connectivity index is 0.000000181. The summed E-state index contributed by atoms with van der Waals surface area (Å²) >= 11 is 27.5. The molecule has 0 N–H and O–H groups in total. The van der Waals surface area contributed by atoms with Gasteiger partial charge in [-0.1, -0.05) is 55.1 Å². The molecular weight excluding hydrogens is 895 g/mol. The van der Waals surface area contributed by atoms with Gasteiger partial charge in [-0.15, -0.1) is 0 Å². The largest absolute Gasteiger partial charge is 0.443 e. The highest BCUT2D eigenvalue weighted by Gasteiger charge is 2.53. The maximum atomic E-state index is 12.6. The Hall–Kier alpha value is -0.660. The SMILES string of the molecule is CC(C)(C)OC(=O)N1C[C@@]2(CC[C@@H](Br)C2)c2c1ncc(Br)c2Cl.CC(C)(C)OC(=O)N1C[C@@]2(CC[C@H](Br)C2)c2c1ncc(Br)c2Cl. The molecule has 4 heterocycles. The van der Waals surface area contributed by atoms with Gasteiger partial charge < -0.3 is 9.47 Å². The molecule has 2 aliphatic heterocycles. The molecule has 4 atom stereocenters. The zero-order valence-electron chi connectivity index (χ0n) is 26.7. The molecule has 46 heavy (non-hydrogen) atoms. The first kappa shape index (κ1) is 36.6. The summed E-state index contributed by atoms with van der Waals surface area (Å²) in [5.41, 5.74) is 0.574. The fourth-order valence-electron chi connectivity index (χ4n) is 6.98. The topological polar surface area (TPSA) is 84.9 Å². The van der Waals surface area contributed by atoms with Crippen molar-refractivity contribution >= 4 is 111 Å². The summed E-state index contributed by atoms with van der Waals surface area (Å²) in [5.74, 6) is 1.27. The summed E-state index contributed by atoms with van der Waals surface area (Å²) < 4.78 is 12.6. The minimum Gasteiger partial charge on any atom is -0.443 e. The maximum Gasteiger partial charge on any atom is 0.416 e. The van der Waals surface area contributed by atoms with E-state index in [1.54, 1.807) is 22.2 Å². The number of anilines is 2. The van der Waals surface area contributed by atoms with E-state index in [1.165, 1.54) is 0 Å². The van der Waals surface area contributed by atoms with Gasteiger partial charge in [0.1, 0.15) is 22.8 Å². The van der Waals surface area contributed by atoms with E-state index in [1.807, 2.05) is 41.5 Å². The second-order valence-electron chi connectivity index (χ2n) is 14.6. The molecule has 0 bridgehead atoms. The Kier molecular flexibility index (Phi) is 10.5. The zero-order valence-corrected chi connectivity index (χ0v) is 34.5. The van der Waals surface area contributed by atoms with Gasteiger partial charge in [0.25, 0.3) is 0 Å². The normalized spacial score (nSPS) is 26.7. The lowest BCUT2D eigenvalue weighted by molar-refractivity contribution is 0.0566. The number of pyridine rings is 2. The van der Waals surface area contributed by atoms with Crippen LogP contribution in [0, 0.1) is 0 Å². The lowest BCUT2D eigenvalue weighted by Crippen LogP contribution is -2.39. The Morgan fingerprint density at radius 2 is 1.11 bits per heavy atom. The molecule has 252 valence electrons. The molecule has 0 unspecified atom stereocenters. The molecule has 2 fully saturated rings. The Labute approximate surface area is 314 Å². The Bertz CT molecular complexity index is 1440. The lowest BCUT2D eigenvalue weighted by Gasteiger charge is -2.27. The number of alkyl halides is 2. The van der Waals surface area contributed by atoms with Crippen LogP contribution < -0.4 is 9.80 Å². The van der Waals surface area contributed by atoms with Crippen LogP contribution in [0.2, 0.25) is 10.0 Å². The molecule has 0 radical (unpaired) electrons. The molecule has 2 saturated carbocycles. The van der Waals surface area contributed by atoms with Crippen LogP contribution in [0.3, 0.4) is 0 Å². The van der Waals surface area contributed by atoms with Gasteiger partial charge in [0.05, 0.1) is 19.0 Å². The van der Waals surface area contributed by atoms with Crippen LogP contribution in [-0.2, 0) is 20.3 Å². The van der Waals surface area contributed by atoms with Gasteiger partial charge in [0.2, 0.25) is 0 Å². The van der Waals surface area contributed by atoms with Crippen molar-refractivity contribution in [2.75, 3.05) is 22.9 Å². The van der Waals surface area contributed by atoms with E-state index in [0.717, 1.165) is 58.6 Å². The number of ether oxygens (including phenoxy) is 2. The minimum atomic E-state index is -0.542. The third-order valence-electron chi connectivity index (χ3n) is 8.72. The number of hydrogen-bond acceptors (Lipinski definition) is 6. The zero-order chi connectivity index (χ0) is 34.0. The highest BCUT2D eigenvalue weighted by molar-refractivity contribution is 9.11. The molecule has 8 nitrogen and oxygen atoms in total. The number of amides is 2. The third-order valence-corrected chi connectivity index (χ3v) is 12.7. The van der Waals surface area contributed by atoms with Crippen molar-refractivity contribution in [3.8, 4) is 0 Å². The summed E-state index contributed by atoms with van der Waals surface area (Å²) in [6.45, 7) is 12.3. The molecule has 0 saturated heterocycles. The van der Waals surface area contributed by atoms with Crippen LogP contribution in [-0.4, -0.2) is 56.1 Å². The van der Waals surface area contributed by atoms with Crippen LogP contribution in [0.25, 0.3) is 0 Å². The number of fused-ring (bicyclic) bond motifs is 4. The summed E-state index contributed by atoms with van der Waals surface area (Å²) in [5, 5.41) is 1.31. The average molecular weight is 933 g/mol. The van der Waals surface area contributed by atoms with Crippen molar-refractivity contribution < 1.29 is 19.1 Å². The first-order valence-electron chi connectivity index (χ1n) is 15.2. The van der Waals surface area contributed by atoms with E-state index < -0.39 is 11.2 Å². The van der Waals surface area contributed by atoms with E-state index in [0.29, 0.717) is 44.4 Å². The van der Waals surface area contributed by atoms with E-state index >= 15 is 0 Å². The number of halogens is 6. The van der Waals surface area contributed by atoms with Crippen molar-refractivity contribution in [1.82, 2.24) is 9.97 Å². The van der Waals surface area contributed by atoms with E-state index in [2.05, 4.69) is 73.7 Å². The van der Waals surface area contributed by atoms with E-state index in [4.69, 9.17) is 32.7 Å². The van der Waals surface area contributed by atoms with E-state index in [-0.39, 0.29) is 23.0 Å². The van der Waals surface area contributed by atoms with Crippen LogP contribution in [0.15, 0.2) is 21.3 Å². The molecule has 14 heteroatoms. The predicted molar refractivity (Wildman–Crippen MR) is 198 cm³/mol. The van der Waals surface area contributed by atoms with Crippen molar-refractivity contribution in [1.29, 1.82) is 0 Å². The van der Waals surface area contributed by atoms with Gasteiger partial charge in [-0.25, -0.2) is 19.6 Å². The summed E-state index contributed by atoms with van der Waals surface area (Å²) in [4.78, 5) is 38.4. The second kappa shape index (κ2) is 13.2. The monoisotopic (exact) mass is 928 g/mol. The molecule has 2 aromatic rings. The summed E-state index contributed by atoms with van der Waals surface area (Å²) in [6, 6.07) is 0. The van der Waals surface area contributed by atoms with Crippen LogP contribution >= 0.6 is 86.9 Å². The number of hydrogen-bond donors (Lipinski definition) is 0. The molecule has 0 aromatic carbocycles. The number of carbonyl (C=O) groups is 2. The standard InChI is InChI=1S/2C16H19Br2ClN2O2/c2*1-15(2,3)23-14(22)21-8-16(5-4-9(17)6-16)11-12(19)10(18)7-20-13(11)21/h2*7,9H,4-6,8H2,1-3H3/t9-,16+;9-,16-/m10/s1. The first-order valence-corrected chi connectivity index (χ1v) is 19.4. The van der Waals surface area contributed by atoms with Gasteiger partial charge in [-0.3, -0.25) is 9.80 Å². The Morgan fingerprint density at radius 1 is 0.761 bits per heavy atom. The van der Waals surface area contributed by atoms with Crippen molar-refractivity contribution in [3.63, 3.8) is 0 Å². The molecule has 4 aliphatic rings. The average Bonchev–Trinajstić information content (AvgIpc) is 3.67. The van der Waals surface area contributed by atoms with E-state index in [9.17, 15) is 9.59 Å². The Morgan fingerprint density at radius 3 is 1.39 bits per heavy atom. The smallest absolute Gasteiger partial charge is 0.416 e. The van der Waals surface area contributed by atoms with Gasteiger partial charge in [0.15, 0.2) is 0 Å². The van der Waals surface area contributed by atoms with Crippen LogP contribution in [0.4, 0.5) is 21.2 Å². The quantitative estimate of drug-likeness (QED) is 0.245. The fourth-order valence-corrected chi connectivity index (χ4v) is 9.94. The van der Waals surface area contributed by atoms with Gasteiger partial charge in [0, 0.05) is 57.1 Å². The number of aromatic nitrogens is 2. The summed E-state index contributed by atoms with van der Waals surface area (Å²) in [6.07, 6.45) is 8.54. The minimum absolute atomic E-state index is 0.145. The lowest BCUT2D eigenvalue weighted by atomic mass is 9.81. The van der Waals surface area contributed by atoms with Crippen molar-refractivity contribution in [2.24, 2.45) is 0 Å². The number of carbonyl (C=O) groups excluding carboxylic acids is 2. The van der Waals surface area contributed by atoms with Gasteiger partial charge >= 0.3 is 12.2 Å². The molecule has 2 aliphatic carbocycles. The fraction of sp³-hybridized carbons (Fsp3) is 0.625. The molecule has 2 aromatic heterocycles. The van der Waals surface area contributed by atoms with Crippen LogP contribution in [0.5, 0.6) is 0 Å². The van der Waals surface area contributed by atoms with Gasteiger partial charge in [-0.2, -0.15) is 0 Å². The molecular formula is C32H38Br4Cl2N4O4. The predicted octanol–water partition coefficient (Wildman–Crippen LogP) is 10.9. The second-order valence-corrected chi connectivity index (χ2v) is 19.7. The first-order chi connectivity index (χ1) is 21.3. The summed E-state index contributed by atoms with van der Waals surface area (Å²) in [7, 11) is 0. The molecule has 2 spiro atoms. The van der Waals surface area contributed by atoms with Gasteiger partial charge in [-0.05, 0) is 112 Å². The van der Waals surface area contributed by atoms with Crippen LogP contribution in [0.1, 0.15) is 91.2 Å². The number of rotatable bonds is 0. The molecule has 2 amide bonds. The number of nitrogens with zero attached hydrogens (tertiary/aromatic N) is 4. The maximum absolute atomic E-state index is 12.6. The third kappa shape index (κ3) is 7.28.